The zero-order valence-corrected chi connectivity index (χ0v) is 19.1. The van der Waals surface area contributed by atoms with Gasteiger partial charge < -0.3 is 5.32 Å². The lowest BCUT2D eigenvalue weighted by atomic mass is 10.0. The Hall–Kier alpha value is -2.42. The number of pyridine rings is 1. The molecule has 9 heteroatoms. The molecule has 0 radical (unpaired) electrons. The molecule has 2 amide bonds. The molecule has 1 aliphatic heterocycles. The summed E-state index contributed by atoms with van der Waals surface area (Å²) in [7, 11) is -3.41. The van der Waals surface area contributed by atoms with Crippen LogP contribution in [0, 0.1) is 0 Å². The first kappa shape index (κ1) is 21.8. The number of aromatic nitrogens is 3. The standard InChI is InChI=1S/C22H31N5O3S/c1-3-7-18(16-11-12-23-21(14-16)31(2,29)30)25-22(28)26-13-6-10-19-20(26)15-24-27(19)17-8-4-5-9-17/h11-12,14-15,17-18H,3-10,13H2,1-2H3,(H,25,28). The van der Waals surface area contributed by atoms with Crippen LogP contribution in [-0.2, 0) is 16.3 Å². The first-order valence-corrected chi connectivity index (χ1v) is 13.1. The monoisotopic (exact) mass is 445 g/mol. The molecule has 1 atom stereocenters. The fourth-order valence-corrected chi connectivity index (χ4v) is 5.33. The van der Waals surface area contributed by atoms with Crippen LogP contribution in [0.2, 0.25) is 0 Å². The van der Waals surface area contributed by atoms with Gasteiger partial charge in [0, 0.05) is 19.0 Å². The first-order valence-electron chi connectivity index (χ1n) is 11.2. The fourth-order valence-electron chi connectivity index (χ4n) is 4.73. The van der Waals surface area contributed by atoms with Crippen molar-refractivity contribution in [3.05, 3.63) is 35.8 Å². The van der Waals surface area contributed by atoms with E-state index in [1.165, 1.54) is 19.0 Å². The summed E-state index contributed by atoms with van der Waals surface area (Å²) in [6, 6.07) is 3.34. The van der Waals surface area contributed by atoms with Crippen LogP contribution in [0.5, 0.6) is 0 Å². The second-order valence-corrected chi connectivity index (χ2v) is 10.6. The van der Waals surface area contributed by atoms with E-state index in [9.17, 15) is 13.2 Å². The Balaban J connectivity index is 1.56. The zero-order valence-electron chi connectivity index (χ0n) is 18.2. The molecule has 0 spiro atoms. The number of nitrogens with one attached hydrogen (secondary N) is 1. The van der Waals surface area contributed by atoms with Crippen molar-refractivity contribution in [2.75, 3.05) is 17.7 Å². The van der Waals surface area contributed by atoms with Crippen LogP contribution in [0.25, 0.3) is 0 Å². The highest BCUT2D eigenvalue weighted by Gasteiger charge is 2.30. The van der Waals surface area contributed by atoms with Gasteiger partial charge in [-0.3, -0.25) is 9.58 Å². The summed E-state index contributed by atoms with van der Waals surface area (Å²) in [6.07, 6.45) is 12.7. The number of anilines is 1. The van der Waals surface area contributed by atoms with Gasteiger partial charge in [0.15, 0.2) is 14.9 Å². The van der Waals surface area contributed by atoms with Gasteiger partial charge in [0.25, 0.3) is 0 Å². The molecule has 8 nitrogen and oxygen atoms in total. The van der Waals surface area contributed by atoms with Crippen molar-refractivity contribution in [1.82, 2.24) is 20.1 Å². The van der Waals surface area contributed by atoms with Crippen LogP contribution in [0.15, 0.2) is 29.6 Å². The minimum Gasteiger partial charge on any atom is -0.331 e. The number of urea groups is 1. The van der Waals surface area contributed by atoms with Crippen LogP contribution in [0.1, 0.15) is 75.2 Å². The number of nitrogens with zero attached hydrogens (tertiary/aromatic N) is 4. The third-order valence-corrected chi connectivity index (χ3v) is 7.28. The molecule has 0 saturated heterocycles. The minimum atomic E-state index is -3.41. The van der Waals surface area contributed by atoms with Crippen molar-refractivity contribution in [1.29, 1.82) is 0 Å². The summed E-state index contributed by atoms with van der Waals surface area (Å²) in [5.41, 5.74) is 2.81. The lowest BCUT2D eigenvalue weighted by Gasteiger charge is -2.30. The number of sulfone groups is 1. The summed E-state index contributed by atoms with van der Waals surface area (Å²) in [5, 5.41) is 7.80. The maximum atomic E-state index is 13.3. The van der Waals surface area contributed by atoms with Gasteiger partial charge in [-0.05, 0) is 49.8 Å². The Morgan fingerprint density at radius 2 is 2.06 bits per heavy atom. The molecule has 0 aromatic carbocycles. The molecular formula is C22H31N5O3S. The van der Waals surface area contributed by atoms with Crippen LogP contribution in [0.3, 0.4) is 0 Å². The Kier molecular flexibility index (Phi) is 6.31. The van der Waals surface area contributed by atoms with Gasteiger partial charge in [-0.1, -0.05) is 26.2 Å². The molecule has 1 saturated carbocycles. The maximum Gasteiger partial charge on any atom is 0.322 e. The molecule has 2 aromatic heterocycles. The average molecular weight is 446 g/mol. The Morgan fingerprint density at radius 3 is 2.77 bits per heavy atom. The summed E-state index contributed by atoms with van der Waals surface area (Å²) in [6.45, 7) is 2.70. The van der Waals surface area contributed by atoms with Crippen molar-refractivity contribution in [3.63, 3.8) is 0 Å². The predicted molar refractivity (Wildman–Crippen MR) is 119 cm³/mol. The summed E-state index contributed by atoms with van der Waals surface area (Å²) in [5.74, 6) is 0. The molecule has 1 N–H and O–H groups in total. The largest absolute Gasteiger partial charge is 0.331 e. The van der Waals surface area contributed by atoms with E-state index >= 15 is 0 Å². The van der Waals surface area contributed by atoms with Crippen LogP contribution < -0.4 is 10.2 Å². The molecule has 2 aliphatic rings. The smallest absolute Gasteiger partial charge is 0.322 e. The van der Waals surface area contributed by atoms with E-state index in [1.54, 1.807) is 17.0 Å². The number of carbonyl (C=O) groups excluding carboxylic acids is 1. The fraction of sp³-hybridized carbons (Fsp3) is 0.591. The maximum absolute atomic E-state index is 13.3. The second-order valence-electron chi connectivity index (χ2n) is 8.60. The Bertz CT molecular complexity index is 1040. The highest BCUT2D eigenvalue weighted by molar-refractivity contribution is 7.90. The number of hydrogen-bond donors (Lipinski definition) is 1. The average Bonchev–Trinajstić information content (AvgIpc) is 3.42. The minimum absolute atomic E-state index is 0.0263. The van der Waals surface area contributed by atoms with Crippen molar-refractivity contribution < 1.29 is 13.2 Å². The van der Waals surface area contributed by atoms with E-state index in [4.69, 9.17) is 0 Å². The van der Waals surface area contributed by atoms with E-state index in [0.29, 0.717) is 19.0 Å². The van der Waals surface area contributed by atoms with Gasteiger partial charge in [-0.15, -0.1) is 0 Å². The van der Waals surface area contributed by atoms with E-state index < -0.39 is 9.84 Å². The number of amides is 2. The molecular weight excluding hydrogens is 414 g/mol. The van der Waals surface area contributed by atoms with Gasteiger partial charge in [0.05, 0.1) is 29.7 Å². The van der Waals surface area contributed by atoms with Gasteiger partial charge >= 0.3 is 6.03 Å². The van der Waals surface area contributed by atoms with Crippen LogP contribution >= 0.6 is 0 Å². The molecule has 1 aliphatic carbocycles. The lowest BCUT2D eigenvalue weighted by Crippen LogP contribution is -2.44. The highest BCUT2D eigenvalue weighted by Crippen LogP contribution is 2.35. The molecule has 2 aromatic rings. The number of carbonyl (C=O) groups is 1. The van der Waals surface area contributed by atoms with E-state index in [-0.39, 0.29) is 17.1 Å². The third kappa shape index (κ3) is 4.61. The van der Waals surface area contributed by atoms with Gasteiger partial charge in [0.2, 0.25) is 0 Å². The normalized spacial score (nSPS) is 18.1. The molecule has 3 heterocycles. The predicted octanol–water partition coefficient (Wildman–Crippen LogP) is 3.80. The molecule has 0 bridgehead atoms. The SMILES string of the molecule is CCCC(NC(=O)N1CCCc2c1cnn2C1CCCC1)c1ccnc(S(C)(=O)=O)c1. The number of rotatable bonds is 6. The third-order valence-electron chi connectivity index (χ3n) is 6.29. The topological polar surface area (TPSA) is 97.2 Å². The summed E-state index contributed by atoms with van der Waals surface area (Å²) >= 11 is 0. The number of hydrogen-bond acceptors (Lipinski definition) is 5. The molecule has 31 heavy (non-hydrogen) atoms. The van der Waals surface area contributed by atoms with Crippen molar-refractivity contribution >= 4 is 21.6 Å². The molecule has 168 valence electrons. The summed E-state index contributed by atoms with van der Waals surface area (Å²) < 4.78 is 26.0. The quantitative estimate of drug-likeness (QED) is 0.729. The van der Waals surface area contributed by atoms with E-state index in [0.717, 1.165) is 55.3 Å². The van der Waals surface area contributed by atoms with Crippen molar-refractivity contribution in [2.45, 2.75) is 75.4 Å². The molecule has 1 fully saturated rings. The van der Waals surface area contributed by atoms with Gasteiger partial charge in [-0.2, -0.15) is 5.10 Å². The molecule has 1 unspecified atom stereocenters. The Morgan fingerprint density at radius 1 is 1.29 bits per heavy atom. The summed E-state index contributed by atoms with van der Waals surface area (Å²) in [4.78, 5) is 19.0. The van der Waals surface area contributed by atoms with Crippen LogP contribution in [-0.4, -0.2) is 42.0 Å². The second kappa shape index (κ2) is 8.98. The number of fused-ring (bicyclic) bond motifs is 1. The lowest BCUT2D eigenvalue weighted by molar-refractivity contribution is 0.241. The van der Waals surface area contributed by atoms with E-state index in [1.807, 2.05) is 13.1 Å². The first-order chi connectivity index (χ1) is 14.9. The Labute approximate surface area is 184 Å². The van der Waals surface area contributed by atoms with Crippen LogP contribution in [0.4, 0.5) is 10.5 Å². The highest BCUT2D eigenvalue weighted by atomic mass is 32.2. The van der Waals surface area contributed by atoms with Crippen molar-refractivity contribution in [3.8, 4) is 0 Å². The zero-order chi connectivity index (χ0) is 22.0. The van der Waals surface area contributed by atoms with Gasteiger partial charge in [-0.25, -0.2) is 18.2 Å². The van der Waals surface area contributed by atoms with Gasteiger partial charge in [0.1, 0.15) is 0 Å². The van der Waals surface area contributed by atoms with E-state index in [2.05, 4.69) is 20.1 Å². The molecule has 4 rings (SSSR count). The van der Waals surface area contributed by atoms with Crippen molar-refractivity contribution in [2.24, 2.45) is 0 Å².